The first-order chi connectivity index (χ1) is 29.8. The second-order valence-electron chi connectivity index (χ2n) is 18.7. The van der Waals surface area contributed by atoms with Gasteiger partial charge in [0.1, 0.15) is 0 Å². The summed E-state index contributed by atoms with van der Waals surface area (Å²) in [5.41, 5.74) is 26.6. The predicted molar refractivity (Wildman–Crippen MR) is 268 cm³/mol. The molecule has 1 aliphatic carbocycles. The summed E-state index contributed by atoms with van der Waals surface area (Å²) in [6.45, 7) is 25.1. The normalized spacial score (nSPS) is 12.6. The minimum atomic E-state index is -0.423. The molecule has 8 rings (SSSR count). The summed E-state index contributed by atoms with van der Waals surface area (Å²) in [4.78, 5) is 5.03. The van der Waals surface area contributed by atoms with Crippen LogP contribution in [0.25, 0.3) is 11.1 Å². The summed E-state index contributed by atoms with van der Waals surface area (Å²) < 4.78 is 0. The molecular weight excluding hydrogens is 749 g/mol. The van der Waals surface area contributed by atoms with E-state index >= 15 is 0 Å². The van der Waals surface area contributed by atoms with Gasteiger partial charge in [0.05, 0.1) is 11.4 Å². The molecule has 0 amide bonds. The van der Waals surface area contributed by atoms with E-state index in [4.69, 9.17) is 0 Å². The Balaban J connectivity index is 1.35. The Labute approximate surface area is 373 Å². The van der Waals surface area contributed by atoms with Crippen molar-refractivity contribution >= 4 is 34.1 Å². The van der Waals surface area contributed by atoms with E-state index < -0.39 is 5.41 Å². The molecule has 0 saturated heterocycles. The molecule has 0 fully saturated rings. The van der Waals surface area contributed by atoms with E-state index in [0.29, 0.717) is 0 Å². The molecule has 7 aromatic carbocycles. The lowest BCUT2D eigenvalue weighted by molar-refractivity contribution is 0.712. The SMILES string of the molecule is CCCCc1cc(C)c(N(c2ccc(C)cc2)c2ccc3c(c2)C(C)(c2cc(C)cc(C)c2)c2cc(N(c4ccc(C)cc4)c4c(C)cc(CCCC)cc4C)ccc2-3)c(C)c1. The van der Waals surface area contributed by atoms with Crippen molar-refractivity contribution < 1.29 is 0 Å². The van der Waals surface area contributed by atoms with E-state index in [9.17, 15) is 0 Å². The Morgan fingerprint density at radius 3 is 1.10 bits per heavy atom. The molecule has 2 heteroatoms. The van der Waals surface area contributed by atoms with Gasteiger partial charge < -0.3 is 9.80 Å². The zero-order valence-electron chi connectivity index (χ0n) is 39.3. The highest BCUT2D eigenvalue weighted by molar-refractivity contribution is 5.91. The first kappa shape index (κ1) is 42.8. The molecular formula is C60H66N2. The first-order valence-corrected chi connectivity index (χ1v) is 23.1. The van der Waals surface area contributed by atoms with Crippen LogP contribution in [0.4, 0.5) is 34.1 Å². The number of benzene rings is 7. The van der Waals surface area contributed by atoms with Gasteiger partial charge in [-0.25, -0.2) is 0 Å². The van der Waals surface area contributed by atoms with E-state index in [-0.39, 0.29) is 0 Å². The van der Waals surface area contributed by atoms with Gasteiger partial charge in [0.2, 0.25) is 0 Å². The van der Waals surface area contributed by atoms with Crippen LogP contribution in [0.5, 0.6) is 0 Å². The molecule has 0 atom stereocenters. The molecule has 0 aromatic heterocycles. The molecule has 0 saturated carbocycles. The van der Waals surface area contributed by atoms with Gasteiger partial charge in [0.15, 0.2) is 0 Å². The van der Waals surface area contributed by atoms with Crippen molar-refractivity contribution in [3.63, 3.8) is 0 Å². The van der Waals surface area contributed by atoms with Crippen LogP contribution in [-0.2, 0) is 18.3 Å². The van der Waals surface area contributed by atoms with Crippen LogP contribution >= 0.6 is 0 Å². The Bertz CT molecular complexity index is 2520. The maximum Gasteiger partial charge on any atom is 0.0520 e. The first-order valence-electron chi connectivity index (χ1n) is 23.1. The van der Waals surface area contributed by atoms with Crippen molar-refractivity contribution in [2.24, 2.45) is 0 Å². The zero-order chi connectivity index (χ0) is 43.9. The molecule has 0 radical (unpaired) electrons. The Hall–Kier alpha value is -5.86. The predicted octanol–water partition coefficient (Wildman–Crippen LogP) is 17.1. The minimum Gasteiger partial charge on any atom is -0.310 e. The Morgan fingerprint density at radius 2 is 0.742 bits per heavy atom. The summed E-state index contributed by atoms with van der Waals surface area (Å²) in [5.74, 6) is 0. The fraction of sp³-hybridized carbons (Fsp3) is 0.300. The van der Waals surface area contributed by atoms with Crippen LogP contribution in [0.2, 0.25) is 0 Å². The number of rotatable bonds is 13. The third kappa shape index (κ3) is 8.01. The van der Waals surface area contributed by atoms with Crippen LogP contribution in [0, 0.1) is 55.4 Å². The van der Waals surface area contributed by atoms with Gasteiger partial charge in [-0.3, -0.25) is 0 Å². The number of fused-ring (bicyclic) bond motifs is 3. The average molecular weight is 815 g/mol. The molecule has 2 nitrogen and oxygen atoms in total. The van der Waals surface area contributed by atoms with Crippen molar-refractivity contribution in [3.8, 4) is 11.1 Å². The van der Waals surface area contributed by atoms with Gasteiger partial charge in [0.25, 0.3) is 0 Å². The minimum absolute atomic E-state index is 0.423. The van der Waals surface area contributed by atoms with Crippen molar-refractivity contribution in [3.05, 3.63) is 200 Å². The van der Waals surface area contributed by atoms with Crippen LogP contribution in [0.15, 0.2) is 127 Å². The molecule has 62 heavy (non-hydrogen) atoms. The average Bonchev–Trinajstić information content (AvgIpc) is 3.49. The van der Waals surface area contributed by atoms with Crippen molar-refractivity contribution in [1.29, 1.82) is 0 Å². The lowest BCUT2D eigenvalue weighted by Gasteiger charge is -2.33. The number of anilines is 6. The lowest BCUT2D eigenvalue weighted by atomic mass is 9.73. The lowest BCUT2D eigenvalue weighted by Crippen LogP contribution is -2.24. The van der Waals surface area contributed by atoms with Gasteiger partial charge >= 0.3 is 0 Å². The molecule has 316 valence electrons. The second kappa shape index (κ2) is 17.5. The van der Waals surface area contributed by atoms with Crippen molar-refractivity contribution in [2.75, 3.05) is 9.80 Å². The molecule has 0 N–H and O–H groups in total. The highest BCUT2D eigenvalue weighted by Crippen LogP contribution is 2.56. The van der Waals surface area contributed by atoms with E-state index in [0.717, 1.165) is 12.8 Å². The third-order valence-electron chi connectivity index (χ3n) is 13.5. The van der Waals surface area contributed by atoms with Gasteiger partial charge in [0, 0.05) is 28.2 Å². The zero-order valence-corrected chi connectivity index (χ0v) is 39.3. The summed E-state index contributed by atoms with van der Waals surface area (Å²) in [5, 5.41) is 0. The Kier molecular flexibility index (Phi) is 12.1. The van der Waals surface area contributed by atoms with Crippen LogP contribution in [-0.4, -0.2) is 0 Å². The fourth-order valence-electron chi connectivity index (χ4n) is 10.4. The summed E-state index contributed by atoms with van der Waals surface area (Å²) >= 11 is 0. The monoisotopic (exact) mass is 815 g/mol. The summed E-state index contributed by atoms with van der Waals surface area (Å²) in [7, 11) is 0. The molecule has 1 aliphatic rings. The maximum absolute atomic E-state index is 2.51. The van der Waals surface area contributed by atoms with E-state index in [1.165, 1.54) is 143 Å². The number of nitrogens with zero attached hydrogens (tertiary/aromatic N) is 2. The second-order valence-corrected chi connectivity index (χ2v) is 18.7. The quantitative estimate of drug-likeness (QED) is 0.114. The standard InChI is InChI=1S/C60H66N2/c1-12-14-16-47-33-43(7)58(44(8)34-47)61(50-22-18-39(3)19-23-50)52-26-28-54-55-29-27-53(38-57(55)60(11,56(54)37-52)49-31-41(5)30-42(6)32-49)62(51-24-20-40(4)21-25-51)59-45(9)35-48(17-15-13-2)36-46(59)10/h18-38H,12-17H2,1-11H3. The smallest absolute Gasteiger partial charge is 0.0520 e. The maximum atomic E-state index is 2.51. The highest BCUT2D eigenvalue weighted by Gasteiger charge is 2.42. The third-order valence-corrected chi connectivity index (χ3v) is 13.5. The molecule has 0 bridgehead atoms. The summed E-state index contributed by atoms with van der Waals surface area (Å²) in [6.07, 6.45) is 7.03. The number of unbranched alkanes of at least 4 members (excludes halogenated alkanes) is 2. The van der Waals surface area contributed by atoms with Crippen molar-refractivity contribution in [1.82, 2.24) is 0 Å². The summed E-state index contributed by atoms with van der Waals surface area (Å²) in [6, 6.07) is 49.5. The van der Waals surface area contributed by atoms with Gasteiger partial charge in [-0.15, -0.1) is 0 Å². The van der Waals surface area contributed by atoms with Crippen LogP contribution in [0.3, 0.4) is 0 Å². The fourth-order valence-corrected chi connectivity index (χ4v) is 10.4. The molecule has 0 unspecified atom stereocenters. The van der Waals surface area contributed by atoms with E-state index in [1.807, 2.05) is 0 Å². The van der Waals surface area contributed by atoms with Gasteiger partial charge in [-0.2, -0.15) is 0 Å². The number of aryl methyl sites for hydroxylation is 10. The van der Waals surface area contributed by atoms with E-state index in [2.05, 4.69) is 213 Å². The highest BCUT2D eigenvalue weighted by atomic mass is 15.2. The Morgan fingerprint density at radius 1 is 0.387 bits per heavy atom. The number of hydrogen-bond donors (Lipinski definition) is 0. The molecule has 7 aromatic rings. The topological polar surface area (TPSA) is 6.48 Å². The number of hydrogen-bond acceptors (Lipinski definition) is 2. The molecule has 0 spiro atoms. The van der Waals surface area contributed by atoms with Crippen LogP contribution < -0.4 is 9.80 Å². The molecule has 0 aliphatic heterocycles. The van der Waals surface area contributed by atoms with Crippen molar-refractivity contribution in [2.45, 2.75) is 120 Å². The largest absolute Gasteiger partial charge is 0.310 e. The van der Waals surface area contributed by atoms with Crippen LogP contribution in [0.1, 0.15) is 119 Å². The van der Waals surface area contributed by atoms with Gasteiger partial charge in [-0.1, -0.05) is 128 Å². The molecule has 0 heterocycles. The van der Waals surface area contributed by atoms with E-state index in [1.54, 1.807) is 0 Å². The van der Waals surface area contributed by atoms with Gasteiger partial charge in [-0.05, 0) is 198 Å².